The zero-order valence-corrected chi connectivity index (χ0v) is 9.78. The quantitative estimate of drug-likeness (QED) is 0.693. The molecule has 0 aromatic rings. The molecule has 0 rings (SSSR count). The second-order valence-electron chi connectivity index (χ2n) is 2.49. The van der Waals surface area contributed by atoms with Crippen LogP contribution in [0.5, 0.6) is 0 Å². The van der Waals surface area contributed by atoms with E-state index in [2.05, 4.69) is 26.1 Å². The minimum absolute atomic E-state index is 0.292. The summed E-state index contributed by atoms with van der Waals surface area (Å²) in [6.07, 6.45) is 1.25. The largest absolute Gasteiger partial charge is 0.327 e. The van der Waals surface area contributed by atoms with Crippen LogP contribution in [0.15, 0.2) is 0 Å². The van der Waals surface area contributed by atoms with Gasteiger partial charge in [-0.2, -0.15) is 0 Å². The number of hydrogen-bond donors (Lipinski definition) is 2. The molecular weight excluding hydrogens is 148 g/mol. The average molecular weight is 176 g/mol. The van der Waals surface area contributed by atoms with Crippen LogP contribution in [-0.4, -0.2) is 19.1 Å². The van der Waals surface area contributed by atoms with Crippen LogP contribution < -0.4 is 11.1 Å². The van der Waals surface area contributed by atoms with Gasteiger partial charge in [0.2, 0.25) is 0 Å². The maximum Gasteiger partial charge on any atom is 0.0136 e. The summed E-state index contributed by atoms with van der Waals surface area (Å²) in [6, 6.07) is 0.292. The minimum atomic E-state index is 0.292. The molecule has 78 valence electrons. The van der Waals surface area contributed by atoms with Crippen LogP contribution >= 0.6 is 0 Å². The van der Waals surface area contributed by atoms with E-state index >= 15 is 0 Å². The van der Waals surface area contributed by atoms with Gasteiger partial charge in [-0.05, 0) is 13.5 Å². The van der Waals surface area contributed by atoms with Gasteiger partial charge in [0.25, 0.3) is 0 Å². The van der Waals surface area contributed by atoms with E-state index in [9.17, 15) is 0 Å². The first-order valence-corrected chi connectivity index (χ1v) is 5.15. The van der Waals surface area contributed by atoms with Crippen molar-refractivity contribution >= 4 is 0 Å². The molecule has 0 saturated heterocycles. The first kappa shape index (κ1) is 17.9. The van der Waals surface area contributed by atoms with Crippen LogP contribution in [0.3, 0.4) is 0 Å². The highest BCUT2D eigenvalue weighted by Gasteiger charge is 1.86. The zero-order chi connectivity index (χ0) is 10.4. The molecule has 0 fully saturated rings. The fraction of sp³-hybridized carbons (Fsp3) is 1.00. The zero-order valence-electron chi connectivity index (χ0n) is 9.78. The van der Waals surface area contributed by atoms with E-state index in [0.717, 1.165) is 13.1 Å². The lowest BCUT2D eigenvalue weighted by Crippen LogP contribution is -2.30. The highest BCUT2D eigenvalue weighted by Crippen LogP contribution is 1.66. The predicted octanol–water partition coefficient (Wildman–Crippen LogP) is 2.39. The Morgan fingerprint density at radius 2 is 1.50 bits per heavy atom. The van der Waals surface area contributed by atoms with E-state index in [1.54, 1.807) is 0 Å². The third-order valence-electron chi connectivity index (χ3n) is 0.716. The van der Waals surface area contributed by atoms with Crippen molar-refractivity contribution in [3.8, 4) is 0 Å². The molecule has 1 atom stereocenters. The number of nitrogens with one attached hydrogen (secondary N) is 1. The number of likely N-dealkylation sites (N-methyl/N-ethyl adjacent to an activating group) is 1. The summed E-state index contributed by atoms with van der Waals surface area (Å²) in [6.45, 7) is 14.3. The summed E-state index contributed by atoms with van der Waals surface area (Å²) in [7, 11) is 0. The fourth-order valence-corrected chi connectivity index (χ4v) is 0.372. The first-order chi connectivity index (χ1) is 5.68. The Kier molecular flexibility index (Phi) is 33.4. The van der Waals surface area contributed by atoms with Gasteiger partial charge in [-0.15, -0.1) is 0 Å². The summed E-state index contributed by atoms with van der Waals surface area (Å²) in [5.74, 6) is 0. The molecule has 2 heteroatoms. The van der Waals surface area contributed by atoms with Gasteiger partial charge in [-0.3, -0.25) is 0 Å². The summed E-state index contributed by atoms with van der Waals surface area (Å²) in [4.78, 5) is 0. The van der Waals surface area contributed by atoms with E-state index < -0.39 is 0 Å². The van der Waals surface area contributed by atoms with Crippen LogP contribution in [0, 0.1) is 0 Å². The molecule has 0 amide bonds. The smallest absolute Gasteiger partial charge is 0.0136 e. The van der Waals surface area contributed by atoms with E-state index in [4.69, 9.17) is 5.73 Å². The molecule has 0 radical (unpaired) electrons. The van der Waals surface area contributed by atoms with Crippen LogP contribution in [0.25, 0.3) is 0 Å². The van der Waals surface area contributed by atoms with E-state index in [1.807, 2.05) is 20.8 Å². The maximum atomic E-state index is 5.42. The predicted molar refractivity (Wildman–Crippen MR) is 59.5 cm³/mol. The number of hydrogen-bond acceptors (Lipinski definition) is 2. The molecular formula is C10H28N2. The molecule has 0 spiro atoms. The standard InChI is InChI=1S/C5H14N2.C3H8.C2H6/c1-3-7-4-5(2)6;1-3-2;1-2/h5,7H,3-4,6H2,1-2H3;3H2,1-2H3;1-2H3. The van der Waals surface area contributed by atoms with Crippen molar-refractivity contribution in [2.75, 3.05) is 13.1 Å². The SMILES string of the molecule is CC.CCC.CCNCC(C)N. The molecule has 12 heavy (non-hydrogen) atoms. The fourth-order valence-electron chi connectivity index (χ4n) is 0.372. The maximum absolute atomic E-state index is 5.42. The van der Waals surface area contributed by atoms with Gasteiger partial charge in [0.15, 0.2) is 0 Å². The van der Waals surface area contributed by atoms with Gasteiger partial charge in [-0.1, -0.05) is 41.0 Å². The second kappa shape index (κ2) is 22.4. The summed E-state index contributed by atoms with van der Waals surface area (Å²) < 4.78 is 0. The molecule has 0 aliphatic rings. The molecule has 0 aromatic heterocycles. The van der Waals surface area contributed by atoms with E-state index in [1.165, 1.54) is 6.42 Å². The van der Waals surface area contributed by atoms with Gasteiger partial charge in [0, 0.05) is 12.6 Å². The Morgan fingerprint density at radius 1 is 1.17 bits per heavy atom. The van der Waals surface area contributed by atoms with Gasteiger partial charge >= 0.3 is 0 Å². The average Bonchev–Trinajstić information content (AvgIpc) is 2.06. The third-order valence-corrected chi connectivity index (χ3v) is 0.716. The topological polar surface area (TPSA) is 38.0 Å². The van der Waals surface area contributed by atoms with Gasteiger partial charge in [0.05, 0.1) is 0 Å². The highest BCUT2D eigenvalue weighted by molar-refractivity contribution is 4.54. The number of rotatable bonds is 3. The molecule has 0 saturated carbocycles. The van der Waals surface area contributed by atoms with Gasteiger partial charge in [0.1, 0.15) is 0 Å². The van der Waals surface area contributed by atoms with E-state index in [0.29, 0.717) is 6.04 Å². The van der Waals surface area contributed by atoms with Crippen LogP contribution in [0.1, 0.15) is 48.0 Å². The van der Waals surface area contributed by atoms with Crippen molar-refractivity contribution in [2.24, 2.45) is 5.73 Å². The van der Waals surface area contributed by atoms with Crippen molar-refractivity contribution in [2.45, 2.75) is 54.0 Å². The minimum Gasteiger partial charge on any atom is -0.327 e. The van der Waals surface area contributed by atoms with Crippen molar-refractivity contribution in [3.63, 3.8) is 0 Å². The van der Waals surface area contributed by atoms with Crippen molar-refractivity contribution in [3.05, 3.63) is 0 Å². The van der Waals surface area contributed by atoms with Crippen LogP contribution in [0.2, 0.25) is 0 Å². The lowest BCUT2D eigenvalue weighted by atomic mass is 10.4. The monoisotopic (exact) mass is 176 g/mol. The Hall–Kier alpha value is -0.0800. The molecule has 0 aliphatic carbocycles. The second-order valence-corrected chi connectivity index (χ2v) is 2.49. The molecule has 3 N–H and O–H groups in total. The van der Waals surface area contributed by atoms with E-state index in [-0.39, 0.29) is 0 Å². The van der Waals surface area contributed by atoms with Crippen LogP contribution in [0.4, 0.5) is 0 Å². The first-order valence-electron chi connectivity index (χ1n) is 5.15. The Bertz CT molecular complexity index is 45.1. The lowest BCUT2D eigenvalue weighted by Gasteiger charge is -2.02. The highest BCUT2D eigenvalue weighted by atomic mass is 14.9. The Morgan fingerprint density at radius 3 is 1.58 bits per heavy atom. The summed E-state index contributed by atoms with van der Waals surface area (Å²) in [5.41, 5.74) is 5.42. The van der Waals surface area contributed by atoms with Crippen molar-refractivity contribution in [1.29, 1.82) is 0 Å². The van der Waals surface area contributed by atoms with Crippen LogP contribution in [-0.2, 0) is 0 Å². The normalized spacial score (nSPS) is 10.2. The van der Waals surface area contributed by atoms with Gasteiger partial charge in [-0.25, -0.2) is 0 Å². The molecule has 0 aliphatic heterocycles. The molecule has 0 heterocycles. The molecule has 0 bridgehead atoms. The third kappa shape index (κ3) is 51.4. The van der Waals surface area contributed by atoms with Gasteiger partial charge < -0.3 is 11.1 Å². The Labute approximate surface area is 78.9 Å². The lowest BCUT2D eigenvalue weighted by molar-refractivity contribution is 0.627. The van der Waals surface area contributed by atoms with Crippen molar-refractivity contribution in [1.82, 2.24) is 5.32 Å². The Balaban J connectivity index is -0.000000137. The number of nitrogens with two attached hydrogens (primary N) is 1. The molecule has 2 nitrogen and oxygen atoms in total. The molecule has 1 unspecified atom stereocenters. The van der Waals surface area contributed by atoms with Crippen molar-refractivity contribution < 1.29 is 0 Å². The summed E-state index contributed by atoms with van der Waals surface area (Å²) >= 11 is 0. The molecule has 0 aromatic carbocycles. The summed E-state index contributed by atoms with van der Waals surface area (Å²) in [5, 5.41) is 3.12.